The Morgan fingerprint density at radius 1 is 0.260 bits per heavy atom. The molecular weight excluding hydrogens is 609 g/mol. The molecule has 2 aromatic heterocycles. The summed E-state index contributed by atoms with van der Waals surface area (Å²) < 4.78 is 13.0. The SMILES string of the molecule is c1ccc(-c2c3ccccc3c(-c3cccc(-c4cc5oc6ccc7oc8ccccc8c7c6c5c5ccccc45)c3)c3ccccc23)cc1. The molecule has 2 heterocycles. The topological polar surface area (TPSA) is 26.3 Å². The summed E-state index contributed by atoms with van der Waals surface area (Å²) >= 11 is 0. The highest BCUT2D eigenvalue weighted by molar-refractivity contribution is 6.32. The van der Waals surface area contributed by atoms with Gasteiger partial charge in [0.25, 0.3) is 0 Å². The molecule has 0 aliphatic heterocycles. The second kappa shape index (κ2) is 10.4. The summed E-state index contributed by atoms with van der Waals surface area (Å²) in [5, 5.41) is 11.8. The molecule has 0 aliphatic rings. The van der Waals surface area contributed by atoms with E-state index in [1.165, 1.54) is 54.6 Å². The van der Waals surface area contributed by atoms with Crippen molar-refractivity contribution in [3.05, 3.63) is 170 Å². The molecule has 0 radical (unpaired) electrons. The van der Waals surface area contributed by atoms with Crippen LogP contribution in [0.2, 0.25) is 0 Å². The average Bonchev–Trinajstić information content (AvgIpc) is 3.75. The van der Waals surface area contributed by atoms with Gasteiger partial charge in [-0.05, 0) is 96.0 Å². The van der Waals surface area contributed by atoms with Gasteiger partial charge < -0.3 is 8.83 Å². The maximum absolute atomic E-state index is 6.69. The fourth-order valence-corrected chi connectivity index (χ4v) is 8.37. The lowest BCUT2D eigenvalue weighted by Gasteiger charge is -2.18. The molecule has 0 atom stereocenters. The molecule has 11 rings (SSSR count). The summed E-state index contributed by atoms with van der Waals surface area (Å²) in [7, 11) is 0. The van der Waals surface area contributed by atoms with Crippen molar-refractivity contribution >= 4 is 76.2 Å². The highest BCUT2D eigenvalue weighted by atomic mass is 16.3. The fourth-order valence-electron chi connectivity index (χ4n) is 8.37. The zero-order valence-corrected chi connectivity index (χ0v) is 27.0. The van der Waals surface area contributed by atoms with Crippen LogP contribution < -0.4 is 0 Å². The predicted molar refractivity (Wildman–Crippen MR) is 210 cm³/mol. The number of hydrogen-bond acceptors (Lipinski definition) is 2. The summed E-state index contributed by atoms with van der Waals surface area (Å²) in [6, 6.07) is 60.8. The second-order valence-electron chi connectivity index (χ2n) is 13.1. The average molecular weight is 637 g/mol. The molecule has 0 spiro atoms. The molecule has 11 aromatic rings. The van der Waals surface area contributed by atoms with Crippen molar-refractivity contribution in [3.63, 3.8) is 0 Å². The fraction of sp³-hybridized carbons (Fsp3) is 0. The van der Waals surface area contributed by atoms with Crippen LogP contribution in [0.3, 0.4) is 0 Å². The van der Waals surface area contributed by atoms with Crippen molar-refractivity contribution in [1.29, 1.82) is 0 Å². The third-order valence-corrected chi connectivity index (χ3v) is 10.4. The molecule has 0 fully saturated rings. The van der Waals surface area contributed by atoms with Gasteiger partial charge in [0.15, 0.2) is 0 Å². The quantitative estimate of drug-likeness (QED) is 0.180. The van der Waals surface area contributed by atoms with Crippen LogP contribution >= 0.6 is 0 Å². The van der Waals surface area contributed by atoms with Gasteiger partial charge >= 0.3 is 0 Å². The van der Waals surface area contributed by atoms with Crippen LogP contribution in [0.4, 0.5) is 0 Å². The van der Waals surface area contributed by atoms with E-state index in [9.17, 15) is 0 Å². The van der Waals surface area contributed by atoms with Crippen molar-refractivity contribution in [1.82, 2.24) is 0 Å². The van der Waals surface area contributed by atoms with E-state index in [-0.39, 0.29) is 0 Å². The molecule has 232 valence electrons. The molecule has 9 aromatic carbocycles. The number of fused-ring (bicyclic) bond motifs is 11. The van der Waals surface area contributed by atoms with E-state index >= 15 is 0 Å². The summed E-state index contributed by atoms with van der Waals surface area (Å²) in [5.41, 5.74) is 10.8. The Morgan fingerprint density at radius 2 is 0.740 bits per heavy atom. The van der Waals surface area contributed by atoms with Gasteiger partial charge in [0.2, 0.25) is 0 Å². The van der Waals surface area contributed by atoms with Gasteiger partial charge in [-0.2, -0.15) is 0 Å². The number of hydrogen-bond donors (Lipinski definition) is 0. The third-order valence-electron chi connectivity index (χ3n) is 10.4. The number of rotatable bonds is 3. The van der Waals surface area contributed by atoms with E-state index in [1.54, 1.807) is 0 Å². The Labute approximate surface area is 287 Å². The molecule has 0 bridgehead atoms. The van der Waals surface area contributed by atoms with E-state index in [0.717, 1.165) is 55.0 Å². The Morgan fingerprint density at radius 3 is 1.44 bits per heavy atom. The van der Waals surface area contributed by atoms with E-state index < -0.39 is 0 Å². The molecule has 0 saturated heterocycles. The Bertz CT molecular complexity index is 3080. The second-order valence-corrected chi connectivity index (χ2v) is 13.1. The lowest BCUT2D eigenvalue weighted by Crippen LogP contribution is -1.91. The van der Waals surface area contributed by atoms with Crippen LogP contribution in [-0.2, 0) is 0 Å². The van der Waals surface area contributed by atoms with Gasteiger partial charge in [0.1, 0.15) is 22.3 Å². The third kappa shape index (κ3) is 3.85. The molecule has 0 saturated carbocycles. The highest BCUT2D eigenvalue weighted by Gasteiger charge is 2.21. The maximum atomic E-state index is 6.69. The lowest BCUT2D eigenvalue weighted by atomic mass is 9.85. The Hall–Kier alpha value is -6.64. The van der Waals surface area contributed by atoms with E-state index in [0.29, 0.717) is 0 Å². The van der Waals surface area contributed by atoms with Crippen LogP contribution in [0, 0.1) is 0 Å². The summed E-state index contributed by atoms with van der Waals surface area (Å²) in [4.78, 5) is 0. The van der Waals surface area contributed by atoms with Crippen LogP contribution in [0.5, 0.6) is 0 Å². The van der Waals surface area contributed by atoms with Gasteiger partial charge in [-0.15, -0.1) is 0 Å². The minimum Gasteiger partial charge on any atom is -0.456 e. The van der Waals surface area contributed by atoms with Crippen molar-refractivity contribution < 1.29 is 8.83 Å². The summed E-state index contributed by atoms with van der Waals surface area (Å²) in [6.07, 6.45) is 0. The largest absolute Gasteiger partial charge is 0.456 e. The smallest absolute Gasteiger partial charge is 0.136 e. The zero-order valence-electron chi connectivity index (χ0n) is 27.0. The molecule has 2 nitrogen and oxygen atoms in total. The van der Waals surface area contributed by atoms with Crippen molar-refractivity contribution in [2.75, 3.05) is 0 Å². The van der Waals surface area contributed by atoms with Crippen LogP contribution in [-0.4, -0.2) is 0 Å². The number of benzene rings is 9. The van der Waals surface area contributed by atoms with E-state index in [2.05, 4.69) is 146 Å². The first-order valence-electron chi connectivity index (χ1n) is 17.1. The van der Waals surface area contributed by atoms with Gasteiger partial charge in [-0.3, -0.25) is 0 Å². The molecule has 50 heavy (non-hydrogen) atoms. The van der Waals surface area contributed by atoms with Crippen LogP contribution in [0.1, 0.15) is 0 Å². The number of furan rings is 2. The van der Waals surface area contributed by atoms with E-state index in [1.807, 2.05) is 24.3 Å². The summed E-state index contributed by atoms with van der Waals surface area (Å²) in [5.74, 6) is 0. The van der Waals surface area contributed by atoms with Crippen molar-refractivity contribution in [3.8, 4) is 33.4 Å². The first-order chi connectivity index (χ1) is 24.8. The molecule has 2 heteroatoms. The van der Waals surface area contributed by atoms with Crippen molar-refractivity contribution in [2.45, 2.75) is 0 Å². The normalized spacial score (nSPS) is 12.0. The lowest BCUT2D eigenvalue weighted by molar-refractivity contribution is 0.663. The molecule has 0 amide bonds. The van der Waals surface area contributed by atoms with Gasteiger partial charge in [0, 0.05) is 21.5 Å². The highest BCUT2D eigenvalue weighted by Crippen LogP contribution is 2.47. The first-order valence-corrected chi connectivity index (χ1v) is 17.1. The maximum Gasteiger partial charge on any atom is 0.136 e. The van der Waals surface area contributed by atoms with Gasteiger partial charge in [0.05, 0.1) is 0 Å². The standard InChI is InChI=1S/C48H28O2/c1-2-13-29(14-3-1)44-34-19-6-8-21-36(34)45(37-22-9-7-20-35(37)44)31-16-12-15-30(27-31)39-28-43-46(33-18-5-4-17-32(33)39)48-42(50-43)26-25-41-47(48)38-23-10-11-24-40(38)49-41/h1-28H. The molecule has 0 N–H and O–H groups in total. The Kier molecular flexibility index (Phi) is 5.70. The van der Waals surface area contributed by atoms with Gasteiger partial charge in [-0.25, -0.2) is 0 Å². The minimum atomic E-state index is 0.867. The van der Waals surface area contributed by atoms with Gasteiger partial charge in [-0.1, -0.05) is 140 Å². The Balaban J connectivity index is 1.19. The molecule has 0 aliphatic carbocycles. The number of para-hydroxylation sites is 1. The molecular formula is C48H28O2. The minimum absolute atomic E-state index is 0.867. The monoisotopic (exact) mass is 636 g/mol. The molecule has 0 unspecified atom stereocenters. The van der Waals surface area contributed by atoms with Crippen molar-refractivity contribution in [2.24, 2.45) is 0 Å². The predicted octanol–water partition coefficient (Wildman–Crippen LogP) is 13.9. The first kappa shape index (κ1) is 27.3. The van der Waals surface area contributed by atoms with Crippen LogP contribution in [0.25, 0.3) is 110 Å². The van der Waals surface area contributed by atoms with Crippen LogP contribution in [0.15, 0.2) is 179 Å². The zero-order chi connectivity index (χ0) is 32.8. The summed E-state index contributed by atoms with van der Waals surface area (Å²) in [6.45, 7) is 0. The van der Waals surface area contributed by atoms with E-state index in [4.69, 9.17) is 8.83 Å².